The van der Waals surface area contributed by atoms with Crippen molar-refractivity contribution in [2.75, 3.05) is 33.3 Å². The highest BCUT2D eigenvalue weighted by atomic mass is 16.5. The Morgan fingerprint density at radius 1 is 1.13 bits per heavy atom. The number of hydrogen-bond donors (Lipinski definition) is 0. The monoisotopic (exact) mass is 318 g/mol. The number of benzene rings is 1. The molecule has 1 aromatic carbocycles. The molecule has 0 aliphatic carbocycles. The highest BCUT2D eigenvalue weighted by molar-refractivity contribution is 5.94. The van der Waals surface area contributed by atoms with Crippen LogP contribution in [0.4, 0.5) is 0 Å². The van der Waals surface area contributed by atoms with Gasteiger partial charge < -0.3 is 14.5 Å². The van der Waals surface area contributed by atoms with E-state index in [1.165, 1.54) is 0 Å². The van der Waals surface area contributed by atoms with Crippen molar-refractivity contribution in [3.63, 3.8) is 0 Å². The zero-order chi connectivity index (χ0) is 16.8. The van der Waals surface area contributed by atoms with Crippen molar-refractivity contribution in [2.24, 2.45) is 5.92 Å². The van der Waals surface area contributed by atoms with Gasteiger partial charge in [-0.1, -0.05) is 19.9 Å². The summed E-state index contributed by atoms with van der Waals surface area (Å²) < 4.78 is 5.18. The van der Waals surface area contributed by atoms with Gasteiger partial charge in [-0.3, -0.25) is 9.59 Å². The van der Waals surface area contributed by atoms with Gasteiger partial charge in [0.15, 0.2) is 0 Å². The average molecular weight is 318 g/mol. The van der Waals surface area contributed by atoms with E-state index in [9.17, 15) is 9.59 Å². The minimum absolute atomic E-state index is 0.00191. The lowest BCUT2D eigenvalue weighted by Gasteiger charge is -2.23. The van der Waals surface area contributed by atoms with Crippen molar-refractivity contribution in [1.29, 1.82) is 0 Å². The lowest BCUT2D eigenvalue weighted by Crippen LogP contribution is -2.37. The number of carbonyl (C=O) groups is 2. The maximum Gasteiger partial charge on any atom is 0.254 e. The second-order valence-electron chi connectivity index (χ2n) is 6.36. The van der Waals surface area contributed by atoms with Gasteiger partial charge in [0.05, 0.1) is 7.11 Å². The van der Waals surface area contributed by atoms with E-state index in [0.717, 1.165) is 13.0 Å². The van der Waals surface area contributed by atoms with E-state index in [0.29, 0.717) is 43.3 Å². The first-order chi connectivity index (χ1) is 11.0. The van der Waals surface area contributed by atoms with Crippen LogP contribution >= 0.6 is 0 Å². The van der Waals surface area contributed by atoms with Crippen LogP contribution < -0.4 is 4.74 Å². The summed E-state index contributed by atoms with van der Waals surface area (Å²) >= 11 is 0. The van der Waals surface area contributed by atoms with Gasteiger partial charge in [-0.2, -0.15) is 0 Å². The van der Waals surface area contributed by atoms with E-state index in [1.54, 1.807) is 19.2 Å². The molecule has 0 N–H and O–H groups in total. The van der Waals surface area contributed by atoms with Gasteiger partial charge in [0.1, 0.15) is 5.75 Å². The van der Waals surface area contributed by atoms with Crippen LogP contribution in [0.25, 0.3) is 0 Å². The molecule has 1 aromatic rings. The van der Waals surface area contributed by atoms with Crippen LogP contribution in [-0.2, 0) is 4.79 Å². The van der Waals surface area contributed by atoms with Crippen LogP contribution in [0.15, 0.2) is 24.3 Å². The molecule has 0 saturated carbocycles. The lowest BCUT2D eigenvalue weighted by atomic mass is 10.1. The second-order valence-corrected chi connectivity index (χ2v) is 6.36. The summed E-state index contributed by atoms with van der Waals surface area (Å²) in [7, 11) is 1.59. The zero-order valence-electron chi connectivity index (χ0n) is 14.2. The summed E-state index contributed by atoms with van der Waals surface area (Å²) in [5.41, 5.74) is 0.631. The highest BCUT2D eigenvalue weighted by Gasteiger charge is 2.23. The Morgan fingerprint density at radius 3 is 2.52 bits per heavy atom. The Labute approximate surface area is 138 Å². The molecule has 2 rings (SSSR count). The number of carbonyl (C=O) groups excluding carboxylic acids is 2. The summed E-state index contributed by atoms with van der Waals surface area (Å²) in [4.78, 5) is 28.6. The lowest BCUT2D eigenvalue weighted by molar-refractivity contribution is -0.131. The molecule has 0 radical (unpaired) electrons. The van der Waals surface area contributed by atoms with Gasteiger partial charge in [-0.25, -0.2) is 0 Å². The van der Waals surface area contributed by atoms with Crippen molar-refractivity contribution in [2.45, 2.75) is 26.7 Å². The first kappa shape index (κ1) is 17.3. The van der Waals surface area contributed by atoms with Crippen molar-refractivity contribution in [1.82, 2.24) is 9.80 Å². The SMILES string of the molecule is COc1cccc(C(=O)N2CCCN(C(=O)CC(C)C)CC2)c1. The maximum atomic E-state index is 12.6. The Bertz CT molecular complexity index is 557. The van der Waals surface area contributed by atoms with Gasteiger partial charge in [0, 0.05) is 38.2 Å². The van der Waals surface area contributed by atoms with Crippen LogP contribution in [-0.4, -0.2) is 54.9 Å². The van der Waals surface area contributed by atoms with Crippen molar-refractivity contribution < 1.29 is 14.3 Å². The summed E-state index contributed by atoms with van der Waals surface area (Å²) in [6.07, 6.45) is 1.39. The average Bonchev–Trinajstić information content (AvgIpc) is 2.79. The fourth-order valence-corrected chi connectivity index (χ4v) is 2.79. The van der Waals surface area contributed by atoms with Crippen LogP contribution in [0.3, 0.4) is 0 Å². The number of methoxy groups -OCH3 is 1. The molecule has 0 aromatic heterocycles. The van der Waals surface area contributed by atoms with Crippen LogP contribution in [0, 0.1) is 5.92 Å². The smallest absolute Gasteiger partial charge is 0.254 e. The van der Waals surface area contributed by atoms with Crippen molar-refractivity contribution in [3.05, 3.63) is 29.8 Å². The summed E-state index contributed by atoms with van der Waals surface area (Å²) in [5.74, 6) is 1.23. The van der Waals surface area contributed by atoms with E-state index in [1.807, 2.05) is 35.8 Å². The van der Waals surface area contributed by atoms with Crippen LogP contribution in [0.5, 0.6) is 5.75 Å². The molecular formula is C18H26N2O3. The molecule has 0 atom stereocenters. The van der Waals surface area contributed by atoms with Crippen LogP contribution in [0.2, 0.25) is 0 Å². The van der Waals surface area contributed by atoms with E-state index < -0.39 is 0 Å². The van der Waals surface area contributed by atoms with Gasteiger partial charge in [0.2, 0.25) is 5.91 Å². The van der Waals surface area contributed by atoms with E-state index in [2.05, 4.69) is 0 Å². The van der Waals surface area contributed by atoms with Crippen molar-refractivity contribution >= 4 is 11.8 Å². The van der Waals surface area contributed by atoms with Gasteiger partial charge >= 0.3 is 0 Å². The minimum Gasteiger partial charge on any atom is -0.497 e. The molecule has 5 heteroatoms. The largest absolute Gasteiger partial charge is 0.497 e. The number of rotatable bonds is 4. The Kier molecular flexibility index (Phi) is 6.02. The fourth-order valence-electron chi connectivity index (χ4n) is 2.79. The summed E-state index contributed by atoms with van der Waals surface area (Å²) in [6.45, 7) is 6.71. The first-order valence-corrected chi connectivity index (χ1v) is 8.22. The fraction of sp³-hybridized carbons (Fsp3) is 0.556. The summed E-state index contributed by atoms with van der Waals surface area (Å²) in [6, 6.07) is 7.21. The second kappa shape index (κ2) is 7.99. The van der Waals surface area contributed by atoms with Crippen LogP contribution in [0.1, 0.15) is 37.0 Å². The van der Waals surface area contributed by atoms with Crippen molar-refractivity contribution in [3.8, 4) is 5.75 Å². The zero-order valence-corrected chi connectivity index (χ0v) is 14.2. The molecular weight excluding hydrogens is 292 g/mol. The predicted octanol–water partition coefficient (Wildman–Crippen LogP) is 2.42. The number of ether oxygens (including phenoxy) is 1. The van der Waals surface area contributed by atoms with E-state index in [-0.39, 0.29) is 11.8 Å². The standard InChI is InChI=1S/C18H26N2O3/c1-14(2)12-17(21)19-8-5-9-20(11-10-19)18(22)15-6-4-7-16(13-15)23-3/h4,6-7,13-14H,5,8-12H2,1-3H3. The third kappa shape index (κ3) is 4.71. The summed E-state index contributed by atoms with van der Waals surface area (Å²) in [5, 5.41) is 0. The molecule has 0 unspecified atom stereocenters. The molecule has 1 aliphatic heterocycles. The Morgan fingerprint density at radius 2 is 1.83 bits per heavy atom. The number of hydrogen-bond acceptors (Lipinski definition) is 3. The quantitative estimate of drug-likeness (QED) is 0.856. The molecule has 23 heavy (non-hydrogen) atoms. The normalized spacial score (nSPS) is 15.5. The molecule has 1 saturated heterocycles. The maximum absolute atomic E-state index is 12.6. The van der Waals surface area contributed by atoms with E-state index >= 15 is 0 Å². The first-order valence-electron chi connectivity index (χ1n) is 8.22. The number of nitrogens with zero attached hydrogens (tertiary/aromatic N) is 2. The Hall–Kier alpha value is -2.04. The minimum atomic E-state index is 0.00191. The predicted molar refractivity (Wildman–Crippen MR) is 89.5 cm³/mol. The third-order valence-corrected chi connectivity index (χ3v) is 4.04. The number of amides is 2. The molecule has 1 aliphatic rings. The third-order valence-electron chi connectivity index (χ3n) is 4.04. The van der Waals surface area contributed by atoms with Gasteiger partial charge in [-0.15, -0.1) is 0 Å². The van der Waals surface area contributed by atoms with Gasteiger partial charge in [0.25, 0.3) is 5.91 Å². The molecule has 0 bridgehead atoms. The van der Waals surface area contributed by atoms with E-state index in [4.69, 9.17) is 4.74 Å². The molecule has 1 fully saturated rings. The topological polar surface area (TPSA) is 49.9 Å². The highest BCUT2D eigenvalue weighted by Crippen LogP contribution is 2.16. The molecule has 0 spiro atoms. The molecule has 5 nitrogen and oxygen atoms in total. The molecule has 126 valence electrons. The molecule has 1 heterocycles. The molecule has 2 amide bonds. The Balaban J connectivity index is 1.99. The van der Waals surface area contributed by atoms with Gasteiger partial charge in [-0.05, 0) is 30.5 Å².